The van der Waals surface area contributed by atoms with Gasteiger partial charge < -0.3 is 19.5 Å². The summed E-state index contributed by atoms with van der Waals surface area (Å²) in [4.78, 5) is 46.0. The summed E-state index contributed by atoms with van der Waals surface area (Å²) in [6, 6.07) is -1.53. The topological polar surface area (TPSA) is 108 Å². The van der Waals surface area contributed by atoms with Gasteiger partial charge in [-0.05, 0) is 20.8 Å². The maximum Gasteiger partial charge on any atom is 0.340 e. The zero-order valence-electron chi connectivity index (χ0n) is 12.5. The van der Waals surface area contributed by atoms with Gasteiger partial charge in [-0.25, -0.2) is 9.59 Å². The van der Waals surface area contributed by atoms with Crippen LogP contribution >= 0.6 is 0 Å². The second-order valence-electron chi connectivity index (χ2n) is 3.81. The summed E-state index contributed by atoms with van der Waals surface area (Å²) in [5.41, 5.74) is 0. The molecule has 0 spiro atoms. The van der Waals surface area contributed by atoms with Gasteiger partial charge in [0.25, 0.3) is 0 Å². The van der Waals surface area contributed by atoms with E-state index in [9.17, 15) is 19.2 Å². The van der Waals surface area contributed by atoms with E-state index in [1.807, 2.05) is 0 Å². The van der Waals surface area contributed by atoms with Gasteiger partial charge in [0, 0.05) is 6.42 Å². The van der Waals surface area contributed by atoms with Crippen LogP contribution in [0.3, 0.4) is 0 Å². The van der Waals surface area contributed by atoms with Crippen LogP contribution in [0.1, 0.15) is 33.6 Å². The Morgan fingerprint density at radius 1 is 0.810 bits per heavy atom. The van der Waals surface area contributed by atoms with Crippen LogP contribution in [0.4, 0.5) is 0 Å². The summed E-state index contributed by atoms with van der Waals surface area (Å²) in [5, 5.41) is 2.19. The van der Waals surface area contributed by atoms with E-state index in [0.717, 1.165) is 0 Å². The fourth-order valence-electron chi connectivity index (χ4n) is 1.35. The van der Waals surface area contributed by atoms with Gasteiger partial charge in [-0.1, -0.05) is 0 Å². The third-order valence-corrected chi connectivity index (χ3v) is 2.21. The van der Waals surface area contributed by atoms with Crippen molar-refractivity contribution in [2.45, 2.75) is 39.7 Å². The van der Waals surface area contributed by atoms with E-state index in [4.69, 9.17) is 9.47 Å². The van der Waals surface area contributed by atoms with Crippen molar-refractivity contribution in [3.05, 3.63) is 0 Å². The van der Waals surface area contributed by atoms with E-state index >= 15 is 0 Å². The Balaban J connectivity index is 4.51. The lowest BCUT2D eigenvalue weighted by atomic mass is 10.2. The molecule has 8 nitrogen and oxygen atoms in total. The minimum Gasteiger partial charge on any atom is -0.466 e. The summed E-state index contributed by atoms with van der Waals surface area (Å²) in [6.07, 6.45) is -0.341. The summed E-state index contributed by atoms with van der Waals surface area (Å²) in [5.74, 6) is -2.98. The number of hydrogen-bond donors (Lipinski definition) is 1. The third-order valence-electron chi connectivity index (χ3n) is 2.21. The van der Waals surface area contributed by atoms with E-state index < -0.39 is 29.9 Å². The van der Waals surface area contributed by atoms with Gasteiger partial charge in [-0.15, -0.1) is 0 Å². The molecule has 0 aliphatic carbocycles. The first-order valence-corrected chi connectivity index (χ1v) is 6.74. The number of nitrogens with one attached hydrogen (secondary N) is 1. The van der Waals surface area contributed by atoms with Crippen molar-refractivity contribution >= 4 is 23.8 Å². The van der Waals surface area contributed by atoms with Crippen LogP contribution in [-0.4, -0.2) is 49.7 Å². The van der Waals surface area contributed by atoms with Crippen molar-refractivity contribution in [2.75, 3.05) is 19.8 Å². The van der Waals surface area contributed by atoms with Crippen LogP contribution < -0.4 is 5.32 Å². The molecule has 21 heavy (non-hydrogen) atoms. The Morgan fingerprint density at radius 3 is 1.71 bits per heavy atom. The predicted octanol–water partition coefficient (Wildman–Crippen LogP) is -0.0593. The van der Waals surface area contributed by atoms with Gasteiger partial charge in [0.05, 0.1) is 26.2 Å². The standard InChI is InChI=1S/C13H21NO7/c1-4-19-10(16)8-7-9(15)14-11(12(17)20-5-2)13(18)21-6-3/h11H,4-8H2,1-3H3,(H,14,15). The SMILES string of the molecule is CCOC(=O)CCC(=O)NC(C(=O)OCC)C(=O)OCC. The molecule has 0 atom stereocenters. The minimum atomic E-state index is -1.53. The summed E-state index contributed by atoms with van der Waals surface area (Å²) in [6.45, 7) is 5.14. The highest BCUT2D eigenvalue weighted by Crippen LogP contribution is 1.98. The Hall–Kier alpha value is -2.12. The first-order chi connectivity index (χ1) is 9.96. The molecule has 0 bridgehead atoms. The van der Waals surface area contributed by atoms with Crippen molar-refractivity contribution in [1.82, 2.24) is 5.32 Å². The van der Waals surface area contributed by atoms with Crippen molar-refractivity contribution in [3.63, 3.8) is 0 Å². The second kappa shape index (κ2) is 10.6. The lowest BCUT2D eigenvalue weighted by molar-refractivity contribution is -0.159. The van der Waals surface area contributed by atoms with Crippen LogP contribution in [0, 0.1) is 0 Å². The minimum absolute atomic E-state index is 0.0629. The molecule has 1 amide bonds. The maximum absolute atomic E-state index is 11.6. The van der Waals surface area contributed by atoms with Gasteiger partial charge in [0.15, 0.2) is 0 Å². The molecule has 0 heterocycles. The fraction of sp³-hybridized carbons (Fsp3) is 0.692. The molecule has 0 rings (SSSR count). The molecule has 1 N–H and O–H groups in total. The molecule has 0 aliphatic heterocycles. The van der Waals surface area contributed by atoms with Gasteiger partial charge in [-0.3, -0.25) is 9.59 Å². The first kappa shape index (κ1) is 18.9. The highest BCUT2D eigenvalue weighted by atomic mass is 16.6. The lowest BCUT2D eigenvalue weighted by Gasteiger charge is -2.15. The molecule has 0 aromatic rings. The van der Waals surface area contributed by atoms with Crippen molar-refractivity contribution in [3.8, 4) is 0 Å². The fourth-order valence-corrected chi connectivity index (χ4v) is 1.35. The summed E-state index contributed by atoms with van der Waals surface area (Å²) >= 11 is 0. The van der Waals surface area contributed by atoms with Crippen molar-refractivity contribution in [2.24, 2.45) is 0 Å². The molecule has 0 fully saturated rings. The summed E-state index contributed by atoms with van der Waals surface area (Å²) in [7, 11) is 0. The lowest BCUT2D eigenvalue weighted by Crippen LogP contribution is -2.48. The van der Waals surface area contributed by atoms with Gasteiger partial charge in [0.1, 0.15) is 0 Å². The predicted molar refractivity (Wildman–Crippen MR) is 71.1 cm³/mol. The molecule has 0 aromatic heterocycles. The average Bonchev–Trinajstić information content (AvgIpc) is 2.43. The highest BCUT2D eigenvalue weighted by molar-refractivity contribution is 6.02. The van der Waals surface area contributed by atoms with E-state index in [1.54, 1.807) is 20.8 Å². The van der Waals surface area contributed by atoms with Gasteiger partial charge in [-0.2, -0.15) is 0 Å². The average molecular weight is 303 g/mol. The molecule has 0 unspecified atom stereocenters. The number of rotatable bonds is 9. The molecule has 0 saturated heterocycles. The third kappa shape index (κ3) is 7.91. The Labute approximate surface area is 123 Å². The molecule has 0 aliphatic rings. The molecule has 8 heteroatoms. The molecule has 120 valence electrons. The maximum atomic E-state index is 11.6. The van der Waals surface area contributed by atoms with Crippen LogP contribution in [0.15, 0.2) is 0 Å². The number of hydrogen-bond acceptors (Lipinski definition) is 7. The zero-order chi connectivity index (χ0) is 16.3. The van der Waals surface area contributed by atoms with Crippen LogP contribution in [-0.2, 0) is 33.4 Å². The zero-order valence-corrected chi connectivity index (χ0v) is 12.5. The Morgan fingerprint density at radius 2 is 1.29 bits per heavy atom. The number of esters is 3. The molecular weight excluding hydrogens is 282 g/mol. The van der Waals surface area contributed by atoms with Crippen LogP contribution in [0.2, 0.25) is 0 Å². The van der Waals surface area contributed by atoms with E-state index in [0.29, 0.717) is 0 Å². The Kier molecular flexibility index (Phi) is 9.57. The number of amides is 1. The van der Waals surface area contributed by atoms with E-state index in [2.05, 4.69) is 10.1 Å². The largest absolute Gasteiger partial charge is 0.466 e. The smallest absolute Gasteiger partial charge is 0.340 e. The monoisotopic (exact) mass is 303 g/mol. The van der Waals surface area contributed by atoms with Gasteiger partial charge >= 0.3 is 17.9 Å². The van der Waals surface area contributed by atoms with Gasteiger partial charge in [0.2, 0.25) is 11.9 Å². The van der Waals surface area contributed by atoms with Crippen LogP contribution in [0.25, 0.3) is 0 Å². The quantitative estimate of drug-likeness (QED) is 0.361. The first-order valence-electron chi connectivity index (χ1n) is 6.74. The second-order valence-corrected chi connectivity index (χ2v) is 3.81. The van der Waals surface area contributed by atoms with Crippen molar-refractivity contribution in [1.29, 1.82) is 0 Å². The molecule has 0 aromatic carbocycles. The van der Waals surface area contributed by atoms with E-state index in [1.165, 1.54) is 0 Å². The molecular formula is C13H21NO7. The molecule has 0 radical (unpaired) electrons. The highest BCUT2D eigenvalue weighted by Gasteiger charge is 2.31. The number of carbonyl (C=O) groups excluding carboxylic acids is 4. The Bertz CT molecular complexity index is 363. The molecule has 0 saturated carbocycles. The van der Waals surface area contributed by atoms with Crippen LogP contribution in [0.5, 0.6) is 0 Å². The number of ether oxygens (including phenoxy) is 3. The number of carbonyl (C=O) groups is 4. The van der Waals surface area contributed by atoms with Crippen molar-refractivity contribution < 1.29 is 33.4 Å². The summed E-state index contributed by atoms with van der Waals surface area (Å²) < 4.78 is 14.0. The normalized spacial score (nSPS) is 9.90. The van der Waals surface area contributed by atoms with E-state index in [-0.39, 0.29) is 32.7 Å².